The highest BCUT2D eigenvalue weighted by atomic mass is 32.1. The quantitative estimate of drug-likeness (QED) is 0.630. The fourth-order valence-corrected chi connectivity index (χ4v) is 2.25. The molecule has 2 aromatic rings. The number of thiophene rings is 1. The standard InChI is InChI=1S/C11H13N3O3S/c15-9(6-8-10(16)14-11(17)13-8)12-4-3-7-2-1-5-18-7/h1-2,5,16H,3-4,6H2,(H,12,15)(H2,13,14,17). The monoisotopic (exact) mass is 267 g/mol. The van der Waals surface area contributed by atoms with Crippen molar-refractivity contribution in [1.82, 2.24) is 15.3 Å². The molecule has 0 aliphatic rings. The second kappa shape index (κ2) is 5.54. The summed E-state index contributed by atoms with van der Waals surface area (Å²) in [4.78, 5) is 28.1. The van der Waals surface area contributed by atoms with Crippen LogP contribution in [0.15, 0.2) is 22.3 Å². The Balaban J connectivity index is 1.79. The average Bonchev–Trinajstić information content (AvgIpc) is 2.90. The maximum atomic E-state index is 11.5. The van der Waals surface area contributed by atoms with Crippen LogP contribution in [0.5, 0.6) is 5.88 Å². The Bertz CT molecular complexity index is 571. The zero-order valence-electron chi connectivity index (χ0n) is 9.53. The fraction of sp³-hybridized carbons (Fsp3) is 0.273. The molecule has 0 aliphatic carbocycles. The van der Waals surface area contributed by atoms with Gasteiger partial charge in [-0.25, -0.2) is 4.79 Å². The predicted octanol–water partition coefficient (Wildman–Crippen LogP) is 0.372. The molecule has 0 atom stereocenters. The van der Waals surface area contributed by atoms with Crippen LogP contribution in [0, 0.1) is 0 Å². The molecule has 2 heterocycles. The summed E-state index contributed by atoms with van der Waals surface area (Å²) in [6.45, 7) is 0.536. The van der Waals surface area contributed by atoms with Crippen molar-refractivity contribution < 1.29 is 9.90 Å². The number of aromatic hydroxyl groups is 1. The van der Waals surface area contributed by atoms with Gasteiger partial charge in [-0.3, -0.25) is 9.78 Å². The van der Waals surface area contributed by atoms with E-state index in [1.165, 1.54) is 4.88 Å². The largest absolute Gasteiger partial charge is 0.493 e. The molecule has 0 saturated heterocycles. The number of rotatable bonds is 5. The Morgan fingerprint density at radius 3 is 2.89 bits per heavy atom. The number of amides is 1. The van der Waals surface area contributed by atoms with Gasteiger partial charge in [-0.1, -0.05) is 6.07 Å². The van der Waals surface area contributed by atoms with E-state index in [1.54, 1.807) is 11.3 Å². The lowest BCUT2D eigenvalue weighted by Gasteiger charge is -2.03. The van der Waals surface area contributed by atoms with Crippen molar-refractivity contribution in [2.75, 3.05) is 6.54 Å². The van der Waals surface area contributed by atoms with Crippen molar-refractivity contribution in [3.05, 3.63) is 38.6 Å². The van der Waals surface area contributed by atoms with Gasteiger partial charge in [0.15, 0.2) is 0 Å². The number of H-pyrrole nitrogens is 2. The molecular formula is C11H13N3O3S. The molecule has 96 valence electrons. The third-order valence-electron chi connectivity index (χ3n) is 2.39. The van der Waals surface area contributed by atoms with Crippen LogP contribution in [0.2, 0.25) is 0 Å². The lowest BCUT2D eigenvalue weighted by Crippen LogP contribution is -2.27. The Labute approximate surface area is 107 Å². The molecule has 0 radical (unpaired) electrons. The minimum absolute atomic E-state index is 0.0466. The summed E-state index contributed by atoms with van der Waals surface area (Å²) >= 11 is 1.64. The molecule has 4 N–H and O–H groups in total. The first-order valence-corrected chi connectivity index (χ1v) is 6.32. The molecule has 0 spiro atoms. The van der Waals surface area contributed by atoms with Gasteiger partial charge in [0.1, 0.15) is 0 Å². The highest BCUT2D eigenvalue weighted by Gasteiger charge is 2.10. The molecule has 6 nitrogen and oxygen atoms in total. The molecule has 1 amide bonds. The summed E-state index contributed by atoms with van der Waals surface area (Å²) in [7, 11) is 0. The molecule has 2 rings (SSSR count). The van der Waals surface area contributed by atoms with E-state index in [4.69, 9.17) is 0 Å². The molecule has 7 heteroatoms. The topological polar surface area (TPSA) is 98.0 Å². The predicted molar refractivity (Wildman–Crippen MR) is 67.8 cm³/mol. The van der Waals surface area contributed by atoms with Gasteiger partial charge in [-0.2, -0.15) is 0 Å². The van der Waals surface area contributed by atoms with Crippen LogP contribution >= 0.6 is 11.3 Å². The second-order valence-corrected chi connectivity index (χ2v) is 4.79. The molecule has 0 saturated carbocycles. The highest BCUT2D eigenvalue weighted by molar-refractivity contribution is 7.09. The Hall–Kier alpha value is -2.02. The van der Waals surface area contributed by atoms with Gasteiger partial charge in [-0.15, -0.1) is 11.3 Å². The number of nitrogens with one attached hydrogen (secondary N) is 3. The fourth-order valence-electron chi connectivity index (χ4n) is 1.54. The number of carbonyl (C=O) groups is 1. The van der Waals surface area contributed by atoms with Crippen LogP contribution in [0.1, 0.15) is 10.6 Å². The first-order chi connectivity index (χ1) is 8.65. The SMILES string of the molecule is O=C(Cc1[nH]c(=O)[nH]c1O)NCCc1cccs1. The van der Waals surface area contributed by atoms with E-state index >= 15 is 0 Å². The molecule has 2 aromatic heterocycles. The van der Waals surface area contributed by atoms with E-state index in [1.807, 2.05) is 17.5 Å². The van der Waals surface area contributed by atoms with Gasteiger partial charge >= 0.3 is 5.69 Å². The van der Waals surface area contributed by atoms with Crippen molar-refractivity contribution >= 4 is 17.2 Å². The zero-order chi connectivity index (χ0) is 13.0. The smallest absolute Gasteiger partial charge is 0.325 e. The molecule has 0 aliphatic heterocycles. The lowest BCUT2D eigenvalue weighted by molar-refractivity contribution is -0.120. The zero-order valence-corrected chi connectivity index (χ0v) is 10.3. The number of aromatic nitrogens is 2. The molecule has 18 heavy (non-hydrogen) atoms. The van der Waals surface area contributed by atoms with Crippen molar-refractivity contribution in [2.45, 2.75) is 12.8 Å². The summed E-state index contributed by atoms with van der Waals surface area (Å²) in [6.07, 6.45) is 0.730. The third-order valence-corrected chi connectivity index (χ3v) is 3.33. The first-order valence-electron chi connectivity index (χ1n) is 5.44. The van der Waals surface area contributed by atoms with Crippen LogP contribution in [0.3, 0.4) is 0 Å². The maximum Gasteiger partial charge on any atom is 0.325 e. The van der Waals surface area contributed by atoms with Gasteiger partial charge in [0.2, 0.25) is 11.8 Å². The molecule has 0 unspecified atom stereocenters. The van der Waals surface area contributed by atoms with E-state index in [-0.39, 0.29) is 23.9 Å². The van der Waals surface area contributed by atoms with Crippen molar-refractivity contribution in [2.24, 2.45) is 0 Å². The minimum Gasteiger partial charge on any atom is -0.493 e. The van der Waals surface area contributed by atoms with Crippen molar-refractivity contribution in [1.29, 1.82) is 0 Å². The number of hydrogen-bond acceptors (Lipinski definition) is 4. The van der Waals surface area contributed by atoms with E-state index < -0.39 is 5.69 Å². The Morgan fingerprint density at radius 2 is 2.28 bits per heavy atom. The maximum absolute atomic E-state index is 11.5. The average molecular weight is 267 g/mol. The van der Waals surface area contributed by atoms with Crippen LogP contribution in [0.25, 0.3) is 0 Å². The van der Waals surface area contributed by atoms with Crippen LogP contribution in [-0.2, 0) is 17.6 Å². The van der Waals surface area contributed by atoms with E-state index in [0.29, 0.717) is 6.54 Å². The third kappa shape index (κ3) is 3.24. The van der Waals surface area contributed by atoms with Gasteiger partial charge in [0.05, 0.1) is 12.1 Å². The van der Waals surface area contributed by atoms with E-state index in [0.717, 1.165) is 6.42 Å². The molecule has 0 bridgehead atoms. The summed E-state index contributed by atoms with van der Waals surface area (Å²) < 4.78 is 0. The molecule has 0 aromatic carbocycles. The van der Waals surface area contributed by atoms with Crippen LogP contribution in [0.4, 0.5) is 0 Å². The van der Waals surface area contributed by atoms with Gasteiger partial charge in [-0.05, 0) is 17.9 Å². The van der Waals surface area contributed by atoms with Gasteiger partial charge in [0.25, 0.3) is 0 Å². The Morgan fingerprint density at radius 1 is 1.44 bits per heavy atom. The summed E-state index contributed by atoms with van der Waals surface area (Å²) in [5.74, 6) is -0.523. The number of aromatic amines is 2. The molecule has 0 fully saturated rings. The molecular weight excluding hydrogens is 254 g/mol. The van der Waals surface area contributed by atoms with Crippen LogP contribution in [-0.4, -0.2) is 27.5 Å². The number of hydrogen-bond donors (Lipinski definition) is 4. The first kappa shape index (κ1) is 12.4. The highest BCUT2D eigenvalue weighted by Crippen LogP contribution is 2.09. The second-order valence-electron chi connectivity index (χ2n) is 3.76. The van der Waals surface area contributed by atoms with E-state index in [9.17, 15) is 14.7 Å². The van der Waals surface area contributed by atoms with E-state index in [2.05, 4.69) is 15.3 Å². The van der Waals surface area contributed by atoms with Gasteiger partial charge < -0.3 is 15.4 Å². The lowest BCUT2D eigenvalue weighted by atomic mass is 10.3. The normalized spacial score (nSPS) is 10.4. The Kier molecular flexibility index (Phi) is 3.83. The summed E-state index contributed by atoms with van der Waals surface area (Å²) in [5, 5.41) is 14.0. The minimum atomic E-state index is -0.520. The number of imidazole rings is 1. The summed E-state index contributed by atoms with van der Waals surface area (Å²) in [5.41, 5.74) is -0.317. The van der Waals surface area contributed by atoms with Crippen molar-refractivity contribution in [3.8, 4) is 5.88 Å². The van der Waals surface area contributed by atoms with Crippen molar-refractivity contribution in [3.63, 3.8) is 0 Å². The van der Waals surface area contributed by atoms with Crippen LogP contribution < -0.4 is 11.0 Å². The summed E-state index contributed by atoms with van der Waals surface area (Å²) in [6, 6.07) is 3.97. The van der Waals surface area contributed by atoms with Gasteiger partial charge in [0, 0.05) is 11.4 Å². The number of carbonyl (C=O) groups excluding carboxylic acids is 1.